The van der Waals surface area contributed by atoms with Crippen molar-refractivity contribution in [2.24, 2.45) is 5.73 Å². The molecule has 5 heteroatoms. The summed E-state index contributed by atoms with van der Waals surface area (Å²) < 4.78 is 0. The Bertz CT molecular complexity index is 339. The van der Waals surface area contributed by atoms with E-state index in [0.29, 0.717) is 18.8 Å². The maximum Gasteiger partial charge on any atom is 0.292 e. The minimum Gasteiger partial charge on any atom is -0.380 e. The standard InChI is InChI=1S/C9H13N3O2/c1-2-11-8-4-3-7(6-10)5-9(8)12(13)14/h3-5,11H,2,6,10H2,1H3. The van der Waals surface area contributed by atoms with Crippen LogP contribution >= 0.6 is 0 Å². The molecule has 5 nitrogen and oxygen atoms in total. The number of nitro benzene ring substituents is 1. The Hall–Kier alpha value is -1.62. The predicted molar refractivity (Wildman–Crippen MR) is 55.2 cm³/mol. The van der Waals surface area contributed by atoms with Gasteiger partial charge in [0.25, 0.3) is 5.69 Å². The van der Waals surface area contributed by atoms with Gasteiger partial charge in [-0.1, -0.05) is 6.07 Å². The van der Waals surface area contributed by atoms with Crippen LogP contribution in [-0.4, -0.2) is 11.5 Å². The van der Waals surface area contributed by atoms with E-state index in [-0.39, 0.29) is 5.69 Å². The number of nitro groups is 1. The van der Waals surface area contributed by atoms with Gasteiger partial charge in [0, 0.05) is 19.2 Å². The fourth-order valence-electron chi connectivity index (χ4n) is 1.20. The van der Waals surface area contributed by atoms with Gasteiger partial charge in [0.15, 0.2) is 0 Å². The lowest BCUT2D eigenvalue weighted by molar-refractivity contribution is -0.384. The van der Waals surface area contributed by atoms with Crippen LogP contribution in [-0.2, 0) is 6.54 Å². The third-order valence-corrected chi connectivity index (χ3v) is 1.86. The van der Waals surface area contributed by atoms with Gasteiger partial charge in [-0.05, 0) is 18.6 Å². The van der Waals surface area contributed by atoms with Crippen LogP contribution in [0.15, 0.2) is 18.2 Å². The summed E-state index contributed by atoms with van der Waals surface area (Å²) in [6.45, 7) is 2.86. The van der Waals surface area contributed by atoms with Crippen LogP contribution in [0.2, 0.25) is 0 Å². The van der Waals surface area contributed by atoms with Crippen molar-refractivity contribution in [3.8, 4) is 0 Å². The van der Waals surface area contributed by atoms with Crippen molar-refractivity contribution in [1.29, 1.82) is 0 Å². The lowest BCUT2D eigenvalue weighted by Gasteiger charge is -2.05. The minimum atomic E-state index is -0.406. The lowest BCUT2D eigenvalue weighted by atomic mass is 10.1. The van der Waals surface area contributed by atoms with Gasteiger partial charge in [0.05, 0.1) is 4.92 Å². The normalized spacial score (nSPS) is 9.86. The van der Waals surface area contributed by atoms with Gasteiger partial charge in [-0.2, -0.15) is 0 Å². The molecular formula is C9H13N3O2. The molecule has 0 aliphatic heterocycles. The summed E-state index contributed by atoms with van der Waals surface area (Å²) in [7, 11) is 0. The molecule has 0 aromatic heterocycles. The third-order valence-electron chi connectivity index (χ3n) is 1.86. The molecule has 14 heavy (non-hydrogen) atoms. The summed E-state index contributed by atoms with van der Waals surface area (Å²) in [6, 6.07) is 4.97. The number of benzene rings is 1. The average molecular weight is 195 g/mol. The smallest absolute Gasteiger partial charge is 0.292 e. The van der Waals surface area contributed by atoms with Crippen molar-refractivity contribution in [2.45, 2.75) is 13.5 Å². The summed E-state index contributed by atoms with van der Waals surface area (Å²) in [5, 5.41) is 13.6. The molecule has 0 spiro atoms. The second-order valence-corrected chi connectivity index (χ2v) is 2.84. The first kappa shape index (κ1) is 10.5. The van der Waals surface area contributed by atoms with Crippen molar-refractivity contribution in [3.05, 3.63) is 33.9 Å². The van der Waals surface area contributed by atoms with E-state index in [1.165, 1.54) is 6.07 Å². The van der Waals surface area contributed by atoms with E-state index in [1.54, 1.807) is 12.1 Å². The SMILES string of the molecule is CCNc1ccc(CN)cc1[N+](=O)[O-]. The van der Waals surface area contributed by atoms with Gasteiger partial charge < -0.3 is 11.1 Å². The molecular weight excluding hydrogens is 182 g/mol. The fraction of sp³-hybridized carbons (Fsp3) is 0.333. The Morgan fingerprint density at radius 1 is 1.57 bits per heavy atom. The van der Waals surface area contributed by atoms with Gasteiger partial charge in [0.2, 0.25) is 0 Å². The number of nitrogens with one attached hydrogen (secondary N) is 1. The number of nitrogens with zero attached hydrogens (tertiary/aromatic N) is 1. The van der Waals surface area contributed by atoms with Crippen LogP contribution in [0.1, 0.15) is 12.5 Å². The number of anilines is 1. The minimum absolute atomic E-state index is 0.0785. The zero-order valence-corrected chi connectivity index (χ0v) is 7.99. The van der Waals surface area contributed by atoms with E-state index in [1.807, 2.05) is 6.92 Å². The molecule has 1 aromatic rings. The van der Waals surface area contributed by atoms with E-state index >= 15 is 0 Å². The number of hydrogen-bond acceptors (Lipinski definition) is 4. The number of hydrogen-bond donors (Lipinski definition) is 2. The Kier molecular flexibility index (Phi) is 3.41. The highest BCUT2D eigenvalue weighted by molar-refractivity contribution is 5.62. The molecule has 3 N–H and O–H groups in total. The molecule has 76 valence electrons. The van der Waals surface area contributed by atoms with Gasteiger partial charge >= 0.3 is 0 Å². The highest BCUT2D eigenvalue weighted by Gasteiger charge is 2.12. The molecule has 0 heterocycles. The largest absolute Gasteiger partial charge is 0.380 e. The monoisotopic (exact) mass is 195 g/mol. The van der Waals surface area contributed by atoms with Crippen molar-refractivity contribution in [3.63, 3.8) is 0 Å². The second kappa shape index (κ2) is 4.57. The first-order chi connectivity index (χ1) is 6.69. The van der Waals surface area contributed by atoms with E-state index in [9.17, 15) is 10.1 Å². The van der Waals surface area contributed by atoms with Crippen LogP contribution in [0.25, 0.3) is 0 Å². The molecule has 0 aliphatic carbocycles. The first-order valence-corrected chi connectivity index (χ1v) is 4.40. The maximum atomic E-state index is 10.7. The van der Waals surface area contributed by atoms with Crippen molar-refractivity contribution >= 4 is 11.4 Å². The highest BCUT2D eigenvalue weighted by atomic mass is 16.6. The van der Waals surface area contributed by atoms with Crippen LogP contribution in [0, 0.1) is 10.1 Å². The summed E-state index contributed by atoms with van der Waals surface area (Å²) in [5.41, 5.74) is 6.78. The lowest BCUT2D eigenvalue weighted by Crippen LogP contribution is -2.03. The maximum absolute atomic E-state index is 10.7. The van der Waals surface area contributed by atoms with Crippen molar-refractivity contribution < 1.29 is 4.92 Å². The van der Waals surface area contributed by atoms with E-state index < -0.39 is 4.92 Å². The Morgan fingerprint density at radius 3 is 2.79 bits per heavy atom. The van der Waals surface area contributed by atoms with Gasteiger partial charge in [0.1, 0.15) is 5.69 Å². The Morgan fingerprint density at radius 2 is 2.29 bits per heavy atom. The average Bonchev–Trinajstić information content (AvgIpc) is 2.18. The summed E-state index contributed by atoms with van der Waals surface area (Å²) in [5.74, 6) is 0. The van der Waals surface area contributed by atoms with E-state index in [4.69, 9.17) is 5.73 Å². The van der Waals surface area contributed by atoms with Crippen molar-refractivity contribution in [1.82, 2.24) is 0 Å². The molecule has 0 radical (unpaired) electrons. The zero-order chi connectivity index (χ0) is 10.6. The topological polar surface area (TPSA) is 81.2 Å². The molecule has 1 aromatic carbocycles. The zero-order valence-electron chi connectivity index (χ0n) is 7.99. The molecule has 0 saturated heterocycles. The third kappa shape index (κ3) is 2.20. The van der Waals surface area contributed by atoms with Gasteiger partial charge in [-0.15, -0.1) is 0 Å². The summed E-state index contributed by atoms with van der Waals surface area (Å²) in [6.07, 6.45) is 0. The fourth-order valence-corrected chi connectivity index (χ4v) is 1.20. The summed E-state index contributed by atoms with van der Waals surface area (Å²) in [4.78, 5) is 10.3. The molecule has 0 amide bonds. The molecule has 0 fully saturated rings. The van der Waals surface area contributed by atoms with Gasteiger partial charge in [-0.3, -0.25) is 10.1 Å². The Labute approximate surface area is 82.1 Å². The van der Waals surface area contributed by atoms with Crippen molar-refractivity contribution in [2.75, 3.05) is 11.9 Å². The first-order valence-electron chi connectivity index (χ1n) is 4.40. The quantitative estimate of drug-likeness (QED) is 0.563. The van der Waals surface area contributed by atoms with Crippen LogP contribution in [0.5, 0.6) is 0 Å². The molecule has 0 aliphatic rings. The van der Waals surface area contributed by atoms with Gasteiger partial charge in [-0.25, -0.2) is 0 Å². The molecule has 1 rings (SSSR count). The Balaban J connectivity index is 3.10. The van der Waals surface area contributed by atoms with E-state index in [2.05, 4.69) is 5.32 Å². The molecule has 0 saturated carbocycles. The van der Waals surface area contributed by atoms with Crippen LogP contribution in [0.3, 0.4) is 0 Å². The van der Waals surface area contributed by atoms with Crippen LogP contribution in [0.4, 0.5) is 11.4 Å². The van der Waals surface area contributed by atoms with E-state index in [0.717, 1.165) is 5.56 Å². The molecule has 0 unspecified atom stereocenters. The second-order valence-electron chi connectivity index (χ2n) is 2.84. The predicted octanol–water partition coefficient (Wildman–Crippen LogP) is 1.49. The highest BCUT2D eigenvalue weighted by Crippen LogP contribution is 2.24. The molecule has 0 atom stereocenters. The molecule has 0 bridgehead atoms. The summed E-state index contributed by atoms with van der Waals surface area (Å²) >= 11 is 0. The number of nitrogens with two attached hydrogens (primary N) is 1. The van der Waals surface area contributed by atoms with Crippen LogP contribution < -0.4 is 11.1 Å². The number of rotatable bonds is 4.